The van der Waals surface area contributed by atoms with E-state index in [2.05, 4.69) is 23.3 Å². The number of hydrogen-bond acceptors (Lipinski definition) is 3. The van der Waals surface area contributed by atoms with Crippen molar-refractivity contribution in [2.24, 2.45) is 4.99 Å². The fourth-order valence-corrected chi connectivity index (χ4v) is 4.21. The Hall–Kier alpha value is -1.03. The van der Waals surface area contributed by atoms with Crippen molar-refractivity contribution in [3.8, 4) is 0 Å². The molecule has 19 heavy (non-hydrogen) atoms. The number of amidine groups is 1. The second-order valence-electron chi connectivity index (χ2n) is 5.49. The zero-order valence-electron chi connectivity index (χ0n) is 11.5. The molecule has 0 unspecified atom stereocenters. The molecule has 0 atom stereocenters. The molecule has 2 aliphatic rings. The fourth-order valence-electron chi connectivity index (χ4n) is 2.99. The number of rotatable bonds is 3. The molecule has 0 bridgehead atoms. The summed E-state index contributed by atoms with van der Waals surface area (Å²) in [5, 5.41) is 4.78. The van der Waals surface area contributed by atoms with Crippen LogP contribution >= 0.6 is 11.8 Å². The molecule has 2 heterocycles. The lowest BCUT2D eigenvalue weighted by Gasteiger charge is -2.21. The number of aromatic nitrogens is 1. The summed E-state index contributed by atoms with van der Waals surface area (Å²) in [4.78, 5) is 9.18. The average Bonchev–Trinajstić information content (AvgIpc) is 3.07. The highest BCUT2D eigenvalue weighted by atomic mass is 32.2. The van der Waals surface area contributed by atoms with Crippen molar-refractivity contribution in [2.45, 2.75) is 51.1 Å². The Kier molecular flexibility index (Phi) is 3.78. The third-order valence-corrected chi connectivity index (χ3v) is 5.36. The molecule has 1 N–H and O–H groups in total. The van der Waals surface area contributed by atoms with Gasteiger partial charge in [0.2, 0.25) is 0 Å². The smallest absolute Gasteiger partial charge is 0.157 e. The third-order valence-electron chi connectivity index (χ3n) is 4.16. The van der Waals surface area contributed by atoms with E-state index in [1.807, 2.05) is 24.0 Å². The van der Waals surface area contributed by atoms with E-state index in [9.17, 15) is 0 Å². The van der Waals surface area contributed by atoms with Crippen LogP contribution in [0.4, 0.5) is 0 Å². The van der Waals surface area contributed by atoms with E-state index in [-0.39, 0.29) is 0 Å². The maximum absolute atomic E-state index is 4.73. The van der Waals surface area contributed by atoms with Gasteiger partial charge in [0.05, 0.1) is 12.2 Å². The van der Waals surface area contributed by atoms with Gasteiger partial charge < -0.3 is 5.32 Å². The van der Waals surface area contributed by atoms with Gasteiger partial charge >= 0.3 is 0 Å². The molecule has 1 aliphatic heterocycles. The Labute approximate surface area is 119 Å². The molecule has 1 aromatic heterocycles. The minimum absolute atomic E-state index is 0.362. The summed E-state index contributed by atoms with van der Waals surface area (Å²) in [6.45, 7) is 2.87. The monoisotopic (exact) mass is 275 g/mol. The summed E-state index contributed by atoms with van der Waals surface area (Å²) in [5.41, 5.74) is 2.79. The lowest BCUT2D eigenvalue weighted by molar-refractivity contribution is 0.452. The lowest BCUT2D eigenvalue weighted by Crippen LogP contribution is -2.40. The van der Waals surface area contributed by atoms with E-state index >= 15 is 0 Å². The van der Waals surface area contributed by atoms with Gasteiger partial charge in [0.25, 0.3) is 0 Å². The number of nitrogens with one attached hydrogen (secondary N) is 1. The molecule has 0 aromatic carbocycles. The SMILES string of the molecule is CCc1cccnc1CN=C1NC2(CCCC2)CS1. The van der Waals surface area contributed by atoms with Crippen molar-refractivity contribution in [3.05, 3.63) is 29.6 Å². The third kappa shape index (κ3) is 2.78. The quantitative estimate of drug-likeness (QED) is 0.920. The standard InChI is InChI=1S/C15H21N3S/c1-2-12-6-5-9-16-13(12)10-17-14-18-15(11-19-14)7-3-4-8-15/h5-6,9H,2-4,7-8,10-11H2,1H3,(H,17,18). The topological polar surface area (TPSA) is 37.3 Å². The van der Waals surface area contributed by atoms with Crippen LogP contribution in [0.15, 0.2) is 23.3 Å². The molecule has 4 heteroatoms. The second-order valence-corrected chi connectivity index (χ2v) is 6.45. The number of thioether (sulfide) groups is 1. The normalized spacial score (nSPS) is 23.1. The highest BCUT2D eigenvalue weighted by Gasteiger charge is 2.39. The minimum Gasteiger partial charge on any atom is -0.359 e. The first-order valence-corrected chi connectivity index (χ1v) is 8.18. The summed E-state index contributed by atoms with van der Waals surface area (Å²) in [5.74, 6) is 1.19. The molecule has 1 saturated heterocycles. The molecule has 2 fully saturated rings. The Bertz CT molecular complexity index is 478. The molecule has 1 aromatic rings. The van der Waals surface area contributed by atoms with E-state index < -0.39 is 0 Å². The molecule has 3 nitrogen and oxygen atoms in total. The highest BCUT2D eigenvalue weighted by molar-refractivity contribution is 8.14. The van der Waals surface area contributed by atoms with Gasteiger partial charge in [-0.3, -0.25) is 9.98 Å². The van der Waals surface area contributed by atoms with E-state index in [0.29, 0.717) is 12.1 Å². The van der Waals surface area contributed by atoms with Gasteiger partial charge in [-0.15, -0.1) is 0 Å². The first-order valence-electron chi connectivity index (χ1n) is 7.19. The first-order chi connectivity index (χ1) is 9.31. The van der Waals surface area contributed by atoms with Crippen LogP contribution in [0.25, 0.3) is 0 Å². The summed E-state index contributed by atoms with van der Waals surface area (Å²) < 4.78 is 0. The zero-order valence-corrected chi connectivity index (χ0v) is 12.3. The van der Waals surface area contributed by atoms with Crippen LogP contribution in [0.5, 0.6) is 0 Å². The van der Waals surface area contributed by atoms with Gasteiger partial charge in [-0.25, -0.2) is 0 Å². The van der Waals surface area contributed by atoms with Crippen molar-refractivity contribution >= 4 is 16.9 Å². The number of aliphatic imine (C=N–C) groups is 1. The predicted octanol–water partition coefficient (Wildman–Crippen LogP) is 3.15. The molecule has 3 rings (SSSR count). The Morgan fingerprint density at radius 1 is 1.42 bits per heavy atom. The van der Waals surface area contributed by atoms with E-state index in [4.69, 9.17) is 4.99 Å². The highest BCUT2D eigenvalue weighted by Crippen LogP contribution is 2.37. The predicted molar refractivity (Wildman–Crippen MR) is 81.5 cm³/mol. The molecule has 0 radical (unpaired) electrons. The van der Waals surface area contributed by atoms with E-state index in [1.54, 1.807) is 0 Å². The second kappa shape index (κ2) is 5.53. The van der Waals surface area contributed by atoms with Gasteiger partial charge in [0, 0.05) is 17.5 Å². The Balaban J connectivity index is 1.67. The summed E-state index contributed by atoms with van der Waals surface area (Å²) >= 11 is 1.88. The van der Waals surface area contributed by atoms with Crippen molar-refractivity contribution < 1.29 is 0 Å². The maximum atomic E-state index is 4.73. The molecule has 1 spiro atoms. The number of pyridine rings is 1. The van der Waals surface area contributed by atoms with Crippen LogP contribution in [0.1, 0.15) is 43.9 Å². The zero-order chi connectivity index (χ0) is 13.1. The van der Waals surface area contributed by atoms with Crippen LogP contribution in [0, 0.1) is 0 Å². The van der Waals surface area contributed by atoms with Gasteiger partial charge in [-0.2, -0.15) is 0 Å². The van der Waals surface area contributed by atoms with E-state index in [1.165, 1.54) is 37.0 Å². The van der Waals surface area contributed by atoms with Gasteiger partial charge in [0.1, 0.15) is 0 Å². The lowest BCUT2D eigenvalue weighted by atomic mass is 10.0. The number of hydrogen-bond donors (Lipinski definition) is 1. The van der Waals surface area contributed by atoms with Crippen molar-refractivity contribution in [1.82, 2.24) is 10.3 Å². The molecular weight excluding hydrogens is 254 g/mol. The van der Waals surface area contributed by atoms with Crippen molar-refractivity contribution in [1.29, 1.82) is 0 Å². The summed E-state index contributed by atoms with van der Waals surface area (Å²) in [6.07, 6.45) is 8.23. The first kappa shape index (κ1) is 13.0. The van der Waals surface area contributed by atoms with E-state index in [0.717, 1.165) is 17.3 Å². The molecular formula is C15H21N3S. The van der Waals surface area contributed by atoms with Gasteiger partial charge in [-0.05, 0) is 30.9 Å². The summed E-state index contributed by atoms with van der Waals surface area (Å²) in [6, 6.07) is 4.15. The number of nitrogens with zero attached hydrogens (tertiary/aromatic N) is 2. The van der Waals surface area contributed by atoms with Crippen LogP contribution in [0.2, 0.25) is 0 Å². The molecule has 0 amide bonds. The van der Waals surface area contributed by atoms with Crippen LogP contribution in [-0.2, 0) is 13.0 Å². The number of aryl methyl sites for hydroxylation is 1. The minimum atomic E-state index is 0.362. The van der Waals surface area contributed by atoms with Crippen molar-refractivity contribution in [3.63, 3.8) is 0 Å². The van der Waals surface area contributed by atoms with Crippen LogP contribution < -0.4 is 5.32 Å². The van der Waals surface area contributed by atoms with Crippen LogP contribution in [0.3, 0.4) is 0 Å². The summed E-state index contributed by atoms with van der Waals surface area (Å²) in [7, 11) is 0. The maximum Gasteiger partial charge on any atom is 0.157 e. The average molecular weight is 275 g/mol. The molecule has 102 valence electrons. The largest absolute Gasteiger partial charge is 0.359 e. The van der Waals surface area contributed by atoms with Crippen LogP contribution in [-0.4, -0.2) is 21.4 Å². The Morgan fingerprint density at radius 3 is 3.05 bits per heavy atom. The fraction of sp³-hybridized carbons (Fsp3) is 0.600. The molecule has 1 aliphatic carbocycles. The van der Waals surface area contributed by atoms with Gasteiger partial charge in [-0.1, -0.05) is 37.6 Å². The van der Waals surface area contributed by atoms with Gasteiger partial charge in [0.15, 0.2) is 5.17 Å². The van der Waals surface area contributed by atoms with Crippen molar-refractivity contribution in [2.75, 3.05) is 5.75 Å². The molecule has 1 saturated carbocycles. The Morgan fingerprint density at radius 2 is 2.26 bits per heavy atom.